The first-order valence-corrected chi connectivity index (χ1v) is 20.8. The van der Waals surface area contributed by atoms with Gasteiger partial charge in [-0.25, -0.2) is 14.2 Å². The number of fused-ring (bicyclic) bond motifs is 5. The minimum atomic E-state index is -3.21. The maximum atomic E-state index is 16.9. The summed E-state index contributed by atoms with van der Waals surface area (Å²) < 4.78 is 49.0. The van der Waals surface area contributed by atoms with E-state index in [0.717, 1.165) is 12.5 Å². The zero-order valence-corrected chi connectivity index (χ0v) is 37.2. The first-order chi connectivity index (χ1) is 27.3. The lowest BCUT2D eigenvalue weighted by Crippen LogP contribution is -2.63. The van der Waals surface area contributed by atoms with Gasteiger partial charge in [0.15, 0.2) is 12.1 Å². The van der Waals surface area contributed by atoms with E-state index in [1.165, 1.54) is 20.8 Å². The Hall–Kier alpha value is -3.18. The molecule has 3 saturated heterocycles. The summed E-state index contributed by atoms with van der Waals surface area (Å²) in [5.74, 6) is -6.02. The number of hydrogen-bond donors (Lipinski definition) is 2. The van der Waals surface area contributed by atoms with Crippen molar-refractivity contribution in [3.05, 3.63) is 35.9 Å². The van der Waals surface area contributed by atoms with Gasteiger partial charge in [0.2, 0.25) is 5.91 Å². The molecule has 13 atom stereocenters. The van der Waals surface area contributed by atoms with Crippen molar-refractivity contribution in [2.75, 3.05) is 20.3 Å². The van der Waals surface area contributed by atoms with Crippen molar-refractivity contribution < 1.29 is 57.5 Å². The Morgan fingerprint density at radius 3 is 2.29 bits per heavy atom. The number of ketones is 1. The lowest BCUT2D eigenvalue weighted by atomic mass is 9.73. The number of Topliss-reactive ketones (excluding diaryl/α,β-unsaturated/α-hetero) is 1. The van der Waals surface area contributed by atoms with Gasteiger partial charge < -0.3 is 38.7 Å². The number of carbonyl (C=O) groups excluding carboxylic acids is 3. The Labute approximate surface area is 349 Å². The molecule has 3 aliphatic heterocycles. The monoisotopic (exact) mass is 833 g/mol. The molecule has 332 valence electrons. The van der Waals surface area contributed by atoms with Crippen molar-refractivity contribution in [3.8, 4) is 0 Å². The highest BCUT2D eigenvalue weighted by molar-refractivity contribution is 6.08. The molecule has 0 radical (unpaired) electrons. The van der Waals surface area contributed by atoms with Gasteiger partial charge >= 0.3 is 5.97 Å². The number of cyclic esters (lactones) is 1. The summed E-state index contributed by atoms with van der Waals surface area (Å²) >= 11 is 0. The number of esters is 1. The van der Waals surface area contributed by atoms with Crippen molar-refractivity contribution in [3.63, 3.8) is 0 Å². The molecular weight excluding hydrogens is 765 g/mol. The first-order valence-electron chi connectivity index (χ1n) is 20.8. The summed E-state index contributed by atoms with van der Waals surface area (Å²) in [4.78, 5) is 53.5. The number of halogens is 1. The van der Waals surface area contributed by atoms with E-state index in [4.69, 9.17) is 28.5 Å². The van der Waals surface area contributed by atoms with Crippen LogP contribution in [0.3, 0.4) is 0 Å². The number of benzene rings is 1. The van der Waals surface area contributed by atoms with Crippen LogP contribution < -0.4 is 0 Å². The Balaban J connectivity index is 1.97. The number of amides is 1. The predicted octanol–water partition coefficient (Wildman–Crippen LogP) is 5.38. The van der Waals surface area contributed by atoms with Crippen LogP contribution in [0.4, 0.5) is 4.39 Å². The molecule has 4 rings (SSSR count). The summed E-state index contributed by atoms with van der Waals surface area (Å²) in [6.45, 7) is 19.4. The molecule has 0 unspecified atom stereocenters. The molecule has 1 aromatic carbocycles. The van der Waals surface area contributed by atoms with E-state index in [1.54, 1.807) is 20.8 Å². The Morgan fingerprint density at radius 2 is 1.69 bits per heavy atom. The fourth-order valence-corrected chi connectivity index (χ4v) is 8.75. The molecule has 0 spiro atoms. The lowest BCUT2D eigenvalue weighted by Gasteiger charge is -2.49. The molecule has 1 amide bonds. The number of oxime groups is 1. The second kappa shape index (κ2) is 19.3. The van der Waals surface area contributed by atoms with Crippen molar-refractivity contribution >= 4 is 29.1 Å². The third-order valence-corrected chi connectivity index (χ3v) is 12.3. The minimum Gasteiger partial charge on any atom is -0.457 e. The molecule has 2 bridgehead atoms. The topological polar surface area (TPSA) is 175 Å². The van der Waals surface area contributed by atoms with Crippen molar-refractivity contribution in [2.24, 2.45) is 27.9 Å². The van der Waals surface area contributed by atoms with E-state index in [1.807, 2.05) is 76.9 Å². The van der Waals surface area contributed by atoms with E-state index in [2.05, 4.69) is 10.1 Å². The first kappa shape index (κ1) is 48.5. The number of aliphatic hydroxyl groups excluding tert-OH is 1. The van der Waals surface area contributed by atoms with Crippen LogP contribution >= 0.6 is 0 Å². The molecule has 3 aliphatic rings. The van der Waals surface area contributed by atoms with Crippen LogP contribution in [-0.2, 0) is 49.5 Å². The number of aliphatic hydroxyl groups is 2. The summed E-state index contributed by atoms with van der Waals surface area (Å²) in [6, 6.07) is 8.96. The van der Waals surface area contributed by atoms with Crippen LogP contribution in [-0.4, -0.2) is 130 Å². The van der Waals surface area contributed by atoms with Gasteiger partial charge in [0, 0.05) is 36.1 Å². The fraction of sp³-hybridized carbons (Fsp3) is 0.750. The van der Waals surface area contributed by atoms with Gasteiger partial charge in [0.1, 0.15) is 30.1 Å². The number of ether oxygens (including phenoxy) is 5. The summed E-state index contributed by atoms with van der Waals surface area (Å²) in [7, 11) is 1.90. The summed E-state index contributed by atoms with van der Waals surface area (Å²) in [5.41, 5.74) is -5.70. The molecular formula is C44H68FN3O11. The number of hydrogen-bond acceptors (Lipinski definition) is 13. The molecule has 3 heterocycles. The second-order valence-corrected chi connectivity index (χ2v) is 18.3. The molecule has 15 heteroatoms. The molecule has 0 aromatic heterocycles. The van der Waals surface area contributed by atoms with E-state index in [-0.39, 0.29) is 43.9 Å². The Morgan fingerprint density at radius 1 is 1.05 bits per heavy atom. The van der Waals surface area contributed by atoms with Gasteiger partial charge in [-0.1, -0.05) is 63.2 Å². The van der Waals surface area contributed by atoms with E-state index < -0.39 is 95.1 Å². The van der Waals surface area contributed by atoms with Crippen molar-refractivity contribution in [1.82, 2.24) is 4.90 Å². The smallest absolute Gasteiger partial charge is 0.351 e. The van der Waals surface area contributed by atoms with Crippen LogP contribution in [0.1, 0.15) is 108 Å². The standard InChI is InChI=1S/C44H68FN3O11/c1-14-33-44(12,53)38-27(4)34(46-29(6)49)25(2)21-42(10,55-24-31(23-54-38)47-56-22-30-18-16-15-17-19-30)37(28(5)36(51)43(11,45)40(52)58-33)59-39-35(50)32(20-26(3)57-39)48(13)41(7,8)9/h15-19,25-28,32-33,35,37-39,50,53H,14,20-24H2,1-13H3/b46-34+,47-31+/t25-,26-,27+,28+,32+,33-,35-,37-,38-,39+,42-,43+,44-/m1/s1. The highest BCUT2D eigenvalue weighted by atomic mass is 19.1. The van der Waals surface area contributed by atoms with Gasteiger partial charge in [-0.15, -0.1) is 0 Å². The van der Waals surface area contributed by atoms with Gasteiger partial charge in [-0.05, 0) is 86.3 Å². The van der Waals surface area contributed by atoms with Gasteiger partial charge in [0.05, 0.1) is 37.1 Å². The van der Waals surface area contributed by atoms with Crippen LogP contribution in [0.15, 0.2) is 40.5 Å². The largest absolute Gasteiger partial charge is 0.457 e. The average Bonchev–Trinajstić information content (AvgIpc) is 3.17. The second-order valence-electron chi connectivity index (χ2n) is 18.3. The quantitative estimate of drug-likeness (QED) is 0.204. The molecule has 59 heavy (non-hydrogen) atoms. The van der Waals surface area contributed by atoms with Gasteiger partial charge in [-0.3, -0.25) is 14.5 Å². The summed E-state index contributed by atoms with van der Waals surface area (Å²) in [6.07, 6.45) is -6.43. The number of aliphatic imine (C=N–C) groups is 1. The minimum absolute atomic E-state index is 0.00715. The molecule has 0 saturated carbocycles. The average molecular weight is 834 g/mol. The zero-order valence-electron chi connectivity index (χ0n) is 37.2. The maximum absolute atomic E-state index is 16.9. The summed E-state index contributed by atoms with van der Waals surface area (Å²) in [5, 5.41) is 28.7. The third-order valence-electron chi connectivity index (χ3n) is 12.3. The van der Waals surface area contributed by atoms with Crippen molar-refractivity contribution in [1.29, 1.82) is 0 Å². The Kier molecular flexibility index (Phi) is 15.8. The fourth-order valence-electron chi connectivity index (χ4n) is 8.75. The lowest BCUT2D eigenvalue weighted by molar-refractivity contribution is -0.299. The van der Waals surface area contributed by atoms with E-state index in [0.29, 0.717) is 12.1 Å². The highest BCUT2D eigenvalue weighted by Gasteiger charge is 2.57. The molecule has 2 N–H and O–H groups in total. The Bertz CT molecular complexity index is 1680. The van der Waals surface area contributed by atoms with Gasteiger partial charge in [-0.2, -0.15) is 0 Å². The van der Waals surface area contributed by atoms with Crippen LogP contribution in [0.2, 0.25) is 0 Å². The normalized spacial score (nSPS) is 39.6. The van der Waals surface area contributed by atoms with Crippen LogP contribution in [0.5, 0.6) is 0 Å². The predicted molar refractivity (Wildman–Crippen MR) is 219 cm³/mol. The molecule has 0 aliphatic carbocycles. The molecule has 14 nitrogen and oxygen atoms in total. The van der Waals surface area contributed by atoms with Gasteiger partial charge in [0.25, 0.3) is 5.67 Å². The number of likely N-dealkylation sites (N-methyl/N-ethyl adjacent to an activating group) is 1. The molecule has 3 fully saturated rings. The zero-order chi connectivity index (χ0) is 44.2. The maximum Gasteiger partial charge on any atom is 0.351 e. The SMILES string of the molecule is CC[C@H]1OC(=O)[C@@](C)(F)C(=O)[C@H](C)[C@@H](O[C@@H]2O[C@H](C)C[C@H](N(C)C(C)(C)C)[C@H]2O)[C@@]2(C)C[C@@H](C)/C(=N\C(C)=O)[C@H](C)[C@@H](OC/C(=N\OCc3ccccc3)CO2)[C@]1(C)O. The number of carbonyl (C=O) groups is 3. The van der Waals surface area contributed by atoms with E-state index in [9.17, 15) is 24.6 Å². The van der Waals surface area contributed by atoms with E-state index >= 15 is 4.39 Å². The number of nitrogens with zero attached hydrogens (tertiary/aromatic N) is 3. The molecule has 1 aromatic rings. The van der Waals surface area contributed by atoms with Crippen molar-refractivity contribution in [2.45, 2.75) is 174 Å². The highest BCUT2D eigenvalue weighted by Crippen LogP contribution is 2.41. The third kappa shape index (κ3) is 11.2. The number of rotatable bonds is 7. The number of alkyl halides is 1. The van der Waals surface area contributed by atoms with Crippen LogP contribution in [0, 0.1) is 17.8 Å². The van der Waals surface area contributed by atoms with Crippen LogP contribution in [0.25, 0.3) is 0 Å².